The highest BCUT2D eigenvalue weighted by molar-refractivity contribution is 7.92. The van der Waals surface area contributed by atoms with Gasteiger partial charge in [0.2, 0.25) is 15.9 Å². The van der Waals surface area contributed by atoms with E-state index in [-0.39, 0.29) is 4.90 Å². The van der Waals surface area contributed by atoms with Crippen molar-refractivity contribution in [2.75, 3.05) is 27.2 Å². The van der Waals surface area contributed by atoms with Crippen molar-refractivity contribution in [1.29, 1.82) is 0 Å². The summed E-state index contributed by atoms with van der Waals surface area (Å²) in [5.74, 6) is -0.00409. The lowest BCUT2D eigenvalue weighted by molar-refractivity contribution is -0.116. The van der Waals surface area contributed by atoms with Crippen molar-refractivity contribution >= 4 is 53.8 Å². The van der Waals surface area contributed by atoms with Gasteiger partial charge >= 0.3 is 0 Å². The summed E-state index contributed by atoms with van der Waals surface area (Å²) in [6.45, 7) is 3.78. The number of benzene rings is 4. The molecule has 0 aliphatic carbocycles. The quantitative estimate of drug-likeness (QED) is 0.283. The van der Waals surface area contributed by atoms with Gasteiger partial charge in [0.25, 0.3) is 10.0 Å². The van der Waals surface area contributed by atoms with Crippen LogP contribution in [0.15, 0.2) is 95.9 Å². The first-order chi connectivity index (χ1) is 18.5. The number of amides is 1. The molecule has 4 aromatic rings. The van der Waals surface area contributed by atoms with E-state index in [1.807, 2.05) is 37.3 Å². The third kappa shape index (κ3) is 6.50. The van der Waals surface area contributed by atoms with Gasteiger partial charge in [-0.1, -0.05) is 36.4 Å². The maximum Gasteiger partial charge on any atom is 0.261 e. The van der Waals surface area contributed by atoms with Gasteiger partial charge in [0, 0.05) is 11.1 Å². The van der Waals surface area contributed by atoms with Crippen molar-refractivity contribution in [2.24, 2.45) is 0 Å². The predicted octanol–water partition coefficient (Wildman–Crippen LogP) is 4.83. The number of rotatable bonds is 10. The molecule has 0 spiro atoms. The van der Waals surface area contributed by atoms with Crippen LogP contribution in [0, 0.1) is 0 Å². The number of anilines is 3. The summed E-state index contributed by atoms with van der Waals surface area (Å²) in [6, 6.07) is 23.7. The maximum absolute atomic E-state index is 13.0. The van der Waals surface area contributed by atoms with Crippen molar-refractivity contribution in [3.05, 3.63) is 91.0 Å². The van der Waals surface area contributed by atoms with Crippen molar-refractivity contribution in [1.82, 2.24) is 0 Å². The minimum absolute atomic E-state index is 0.00799. The van der Waals surface area contributed by atoms with Gasteiger partial charge < -0.3 is 10.1 Å². The molecule has 0 unspecified atom stereocenters. The minimum Gasteiger partial charge on any atom is -0.494 e. The zero-order valence-electron chi connectivity index (χ0n) is 21.7. The number of hydrogen-bond donors (Lipinski definition) is 2. The van der Waals surface area contributed by atoms with E-state index in [0.717, 1.165) is 21.3 Å². The molecule has 0 bridgehead atoms. The SMILES string of the molecule is CCOc1ccc(N([C@H](C)C(=O)Nc2ccc(S(=O)(=O)Nc3cccc4ccccc34)cc2)S(C)(=O)=O)cc1. The van der Waals surface area contributed by atoms with E-state index in [1.165, 1.54) is 31.2 Å². The second kappa shape index (κ2) is 11.3. The lowest BCUT2D eigenvalue weighted by atomic mass is 10.1. The van der Waals surface area contributed by atoms with Crippen LogP contribution in [-0.2, 0) is 24.8 Å². The van der Waals surface area contributed by atoms with Crippen LogP contribution >= 0.6 is 0 Å². The molecule has 0 heterocycles. The molecule has 0 radical (unpaired) electrons. The molecular formula is C28H29N3O6S2. The van der Waals surface area contributed by atoms with E-state index in [2.05, 4.69) is 10.0 Å². The molecule has 4 aromatic carbocycles. The average Bonchev–Trinajstić information content (AvgIpc) is 2.89. The normalized spacial score (nSPS) is 12.5. The molecule has 1 amide bonds. The van der Waals surface area contributed by atoms with Gasteiger partial charge in [-0.05, 0) is 73.8 Å². The Labute approximate surface area is 228 Å². The Morgan fingerprint density at radius 1 is 0.872 bits per heavy atom. The number of nitrogens with one attached hydrogen (secondary N) is 2. The molecule has 204 valence electrons. The second-order valence-electron chi connectivity index (χ2n) is 8.81. The van der Waals surface area contributed by atoms with E-state index >= 15 is 0 Å². The molecule has 11 heteroatoms. The topological polar surface area (TPSA) is 122 Å². The molecule has 4 rings (SSSR count). The summed E-state index contributed by atoms with van der Waals surface area (Å²) in [7, 11) is -7.71. The van der Waals surface area contributed by atoms with Gasteiger partial charge in [-0.15, -0.1) is 0 Å². The smallest absolute Gasteiger partial charge is 0.261 e. The molecular weight excluding hydrogens is 538 g/mol. The molecule has 0 saturated carbocycles. The highest BCUT2D eigenvalue weighted by atomic mass is 32.2. The summed E-state index contributed by atoms with van der Waals surface area (Å²) in [6.07, 6.45) is 1.02. The Morgan fingerprint density at radius 2 is 1.51 bits per heavy atom. The van der Waals surface area contributed by atoms with Crippen LogP contribution in [0.5, 0.6) is 5.75 Å². The number of fused-ring (bicyclic) bond motifs is 1. The zero-order valence-corrected chi connectivity index (χ0v) is 23.3. The Morgan fingerprint density at radius 3 is 2.15 bits per heavy atom. The van der Waals surface area contributed by atoms with Crippen molar-refractivity contribution in [2.45, 2.75) is 24.8 Å². The molecule has 0 aliphatic heterocycles. The molecule has 1 atom stereocenters. The molecule has 0 fully saturated rings. The summed E-state index contributed by atoms with van der Waals surface area (Å²) < 4.78 is 60.2. The highest BCUT2D eigenvalue weighted by Crippen LogP contribution is 2.27. The predicted molar refractivity (Wildman–Crippen MR) is 154 cm³/mol. The Bertz CT molecular complexity index is 1680. The molecule has 9 nitrogen and oxygen atoms in total. The number of nitrogens with zero attached hydrogens (tertiary/aromatic N) is 1. The van der Waals surface area contributed by atoms with E-state index in [4.69, 9.17) is 4.74 Å². The van der Waals surface area contributed by atoms with Crippen molar-refractivity contribution in [3.63, 3.8) is 0 Å². The van der Waals surface area contributed by atoms with Gasteiger partial charge in [0.1, 0.15) is 11.8 Å². The fourth-order valence-corrected chi connectivity index (χ4v) is 6.40. The number of ether oxygens (including phenoxy) is 1. The first kappa shape index (κ1) is 27.9. The van der Waals surface area contributed by atoms with E-state index < -0.39 is 32.0 Å². The van der Waals surface area contributed by atoms with Gasteiger partial charge in [-0.3, -0.25) is 13.8 Å². The molecule has 39 heavy (non-hydrogen) atoms. The van der Waals surface area contributed by atoms with Crippen LogP contribution in [0.1, 0.15) is 13.8 Å². The fourth-order valence-electron chi connectivity index (χ4n) is 4.15. The lowest BCUT2D eigenvalue weighted by Crippen LogP contribution is -2.45. The first-order valence-corrected chi connectivity index (χ1v) is 15.5. The largest absolute Gasteiger partial charge is 0.494 e. The van der Waals surface area contributed by atoms with Crippen LogP contribution in [0.25, 0.3) is 10.8 Å². The standard InChI is InChI=1S/C28H29N3O6S2/c1-4-37-24-16-14-23(15-17-24)31(38(3,33)34)20(2)28(32)29-22-12-18-25(19-13-22)39(35,36)30-27-11-7-9-21-8-5-6-10-26(21)27/h5-20,30H,4H2,1-3H3,(H,29,32)/t20-/m1/s1. The van der Waals surface area contributed by atoms with Crippen LogP contribution in [0.2, 0.25) is 0 Å². The second-order valence-corrected chi connectivity index (χ2v) is 12.3. The minimum atomic E-state index is -3.90. The third-order valence-electron chi connectivity index (χ3n) is 5.96. The van der Waals surface area contributed by atoms with Gasteiger partial charge in [-0.2, -0.15) is 0 Å². The molecule has 2 N–H and O–H groups in total. The Kier molecular flexibility index (Phi) is 8.12. The summed E-state index contributed by atoms with van der Waals surface area (Å²) in [4.78, 5) is 13.0. The average molecular weight is 568 g/mol. The van der Waals surface area contributed by atoms with Crippen molar-refractivity contribution in [3.8, 4) is 5.75 Å². The summed E-state index contributed by atoms with van der Waals surface area (Å²) in [5, 5.41) is 4.33. The molecule has 0 aliphatic rings. The maximum atomic E-state index is 13.0. The van der Waals surface area contributed by atoms with E-state index in [0.29, 0.717) is 29.4 Å². The highest BCUT2D eigenvalue weighted by Gasteiger charge is 2.29. The molecule has 0 aromatic heterocycles. The Hall–Kier alpha value is -4.09. The van der Waals surface area contributed by atoms with Gasteiger partial charge in [0.15, 0.2) is 0 Å². The zero-order chi connectivity index (χ0) is 28.2. The number of carbonyl (C=O) groups is 1. The van der Waals surface area contributed by atoms with Crippen LogP contribution in [-0.4, -0.2) is 41.6 Å². The third-order valence-corrected chi connectivity index (χ3v) is 8.58. The number of sulfonamides is 2. The monoisotopic (exact) mass is 567 g/mol. The first-order valence-electron chi connectivity index (χ1n) is 12.1. The van der Waals surface area contributed by atoms with Crippen LogP contribution in [0.4, 0.5) is 17.1 Å². The van der Waals surface area contributed by atoms with Gasteiger partial charge in [-0.25, -0.2) is 16.8 Å². The van der Waals surface area contributed by atoms with Gasteiger partial charge in [0.05, 0.1) is 29.1 Å². The van der Waals surface area contributed by atoms with Crippen molar-refractivity contribution < 1.29 is 26.4 Å². The lowest BCUT2D eigenvalue weighted by Gasteiger charge is -2.28. The summed E-state index contributed by atoms with van der Waals surface area (Å²) in [5.41, 5.74) is 1.08. The fraction of sp³-hybridized carbons (Fsp3) is 0.179. The molecule has 0 saturated heterocycles. The summed E-state index contributed by atoms with van der Waals surface area (Å²) >= 11 is 0. The number of carbonyl (C=O) groups excluding carboxylic acids is 1. The van der Waals surface area contributed by atoms with Crippen LogP contribution in [0.3, 0.4) is 0 Å². The Balaban J connectivity index is 1.50. The van der Waals surface area contributed by atoms with Crippen LogP contribution < -0.4 is 19.1 Å². The number of hydrogen-bond acceptors (Lipinski definition) is 6. The van der Waals surface area contributed by atoms with E-state index in [1.54, 1.807) is 36.4 Å². The van der Waals surface area contributed by atoms with E-state index in [9.17, 15) is 21.6 Å².